The molecule has 1 aliphatic rings. The van der Waals surface area contributed by atoms with Gasteiger partial charge in [0.1, 0.15) is 6.54 Å². The van der Waals surface area contributed by atoms with Crippen LogP contribution in [0.3, 0.4) is 0 Å². The highest BCUT2D eigenvalue weighted by Gasteiger charge is 2.27. The lowest BCUT2D eigenvalue weighted by Crippen LogP contribution is -3.13. The van der Waals surface area contributed by atoms with Crippen molar-refractivity contribution in [1.82, 2.24) is 9.62 Å². The van der Waals surface area contributed by atoms with Crippen LogP contribution in [-0.2, 0) is 16.6 Å². The number of hydrogen-bond donors (Lipinski definition) is 2. The van der Waals surface area contributed by atoms with E-state index < -0.39 is 15.6 Å². The van der Waals surface area contributed by atoms with Gasteiger partial charge in [0, 0.05) is 16.7 Å². The zero-order valence-electron chi connectivity index (χ0n) is 18.2. The Bertz CT molecular complexity index is 1000. The molecule has 0 atom stereocenters. The first-order valence-corrected chi connectivity index (χ1v) is 11.8. The topological polar surface area (TPSA) is 70.9 Å². The SMILES string of the molecule is Cc1ccccc1C[NH+]1CCN(C(=O)c2cccc(S(=O)(=O)NC(C)(C)C)c2)CC1. The van der Waals surface area contributed by atoms with Crippen molar-refractivity contribution >= 4 is 15.9 Å². The minimum Gasteiger partial charge on any atom is -0.328 e. The van der Waals surface area contributed by atoms with Gasteiger partial charge in [0.2, 0.25) is 10.0 Å². The zero-order chi connectivity index (χ0) is 21.9. The van der Waals surface area contributed by atoms with E-state index in [-0.39, 0.29) is 10.8 Å². The van der Waals surface area contributed by atoms with Gasteiger partial charge in [-0.15, -0.1) is 0 Å². The molecule has 30 heavy (non-hydrogen) atoms. The molecule has 1 amide bonds. The molecule has 7 heteroatoms. The van der Waals surface area contributed by atoms with Crippen molar-refractivity contribution in [3.05, 3.63) is 65.2 Å². The maximum atomic E-state index is 13.0. The van der Waals surface area contributed by atoms with Crippen molar-refractivity contribution in [3.8, 4) is 0 Å². The lowest BCUT2D eigenvalue weighted by molar-refractivity contribution is -0.917. The highest BCUT2D eigenvalue weighted by atomic mass is 32.2. The first kappa shape index (κ1) is 22.5. The zero-order valence-corrected chi connectivity index (χ0v) is 19.1. The van der Waals surface area contributed by atoms with Crippen LogP contribution in [0.5, 0.6) is 0 Å². The second kappa shape index (κ2) is 8.88. The van der Waals surface area contributed by atoms with Gasteiger partial charge in [0.15, 0.2) is 0 Å². The Morgan fingerprint density at radius 1 is 1.07 bits per heavy atom. The summed E-state index contributed by atoms with van der Waals surface area (Å²) in [5, 5.41) is 0. The predicted molar refractivity (Wildman–Crippen MR) is 118 cm³/mol. The summed E-state index contributed by atoms with van der Waals surface area (Å²) in [6.45, 7) is 11.5. The van der Waals surface area contributed by atoms with Gasteiger partial charge in [-0.25, -0.2) is 13.1 Å². The third-order valence-corrected chi connectivity index (χ3v) is 7.05. The molecule has 1 saturated heterocycles. The second-order valence-corrected chi connectivity index (χ2v) is 10.7. The van der Waals surface area contributed by atoms with Crippen LogP contribution in [0.4, 0.5) is 0 Å². The predicted octanol–water partition coefficient (Wildman–Crippen LogP) is 1.61. The van der Waals surface area contributed by atoms with Gasteiger partial charge in [-0.3, -0.25) is 4.79 Å². The molecule has 162 valence electrons. The lowest BCUT2D eigenvalue weighted by Gasteiger charge is -2.32. The smallest absolute Gasteiger partial charge is 0.254 e. The Labute approximate surface area is 179 Å². The van der Waals surface area contributed by atoms with E-state index in [1.165, 1.54) is 28.2 Å². The highest BCUT2D eigenvalue weighted by Crippen LogP contribution is 2.16. The number of quaternary nitrogens is 1. The standard InChI is InChI=1S/C23H31N3O3S/c1-18-8-5-6-9-20(18)17-25-12-14-26(15-13-25)22(27)19-10-7-11-21(16-19)30(28,29)24-23(2,3)4/h5-11,16,24H,12-15,17H2,1-4H3/p+1. The summed E-state index contributed by atoms with van der Waals surface area (Å²) in [7, 11) is -3.68. The molecule has 2 aromatic rings. The minimum atomic E-state index is -3.68. The summed E-state index contributed by atoms with van der Waals surface area (Å²) >= 11 is 0. The average molecular weight is 431 g/mol. The van der Waals surface area contributed by atoms with E-state index in [0.717, 1.165) is 19.6 Å². The van der Waals surface area contributed by atoms with Gasteiger partial charge in [0.25, 0.3) is 5.91 Å². The van der Waals surface area contributed by atoms with Crippen LogP contribution in [0.25, 0.3) is 0 Å². The number of nitrogens with zero attached hydrogens (tertiary/aromatic N) is 1. The average Bonchev–Trinajstić information content (AvgIpc) is 2.68. The number of carbonyl (C=O) groups excluding carboxylic acids is 1. The molecule has 1 fully saturated rings. The van der Waals surface area contributed by atoms with E-state index in [4.69, 9.17) is 0 Å². The molecule has 0 bridgehead atoms. The lowest BCUT2D eigenvalue weighted by atomic mass is 10.1. The summed E-state index contributed by atoms with van der Waals surface area (Å²) in [6, 6.07) is 14.7. The maximum absolute atomic E-state index is 13.0. The molecular weight excluding hydrogens is 398 g/mol. The third-order valence-electron chi connectivity index (χ3n) is 5.29. The molecule has 0 radical (unpaired) electrons. The Kier molecular flexibility index (Phi) is 6.65. The van der Waals surface area contributed by atoms with Crippen LogP contribution in [-0.4, -0.2) is 50.9 Å². The molecule has 2 N–H and O–H groups in total. The normalized spacial score (nSPS) is 15.9. The van der Waals surface area contributed by atoms with Gasteiger partial charge in [-0.2, -0.15) is 0 Å². The summed E-state index contributed by atoms with van der Waals surface area (Å²) in [6.07, 6.45) is 0. The van der Waals surface area contributed by atoms with Crippen LogP contribution < -0.4 is 9.62 Å². The first-order valence-electron chi connectivity index (χ1n) is 10.4. The van der Waals surface area contributed by atoms with Crippen LogP contribution in [0, 0.1) is 6.92 Å². The molecule has 1 heterocycles. The number of sulfonamides is 1. The van der Waals surface area contributed by atoms with Crippen molar-refractivity contribution in [2.24, 2.45) is 0 Å². The van der Waals surface area contributed by atoms with Gasteiger partial charge >= 0.3 is 0 Å². The summed E-state index contributed by atoms with van der Waals surface area (Å²) < 4.78 is 27.8. The van der Waals surface area contributed by atoms with E-state index in [2.05, 4.69) is 35.9 Å². The Balaban J connectivity index is 1.65. The third kappa shape index (κ3) is 5.68. The second-order valence-electron chi connectivity index (χ2n) is 9.03. The number of rotatable bonds is 5. The fourth-order valence-electron chi connectivity index (χ4n) is 3.72. The van der Waals surface area contributed by atoms with Crippen LogP contribution in [0.1, 0.15) is 42.3 Å². The van der Waals surface area contributed by atoms with Gasteiger partial charge < -0.3 is 9.80 Å². The van der Waals surface area contributed by atoms with E-state index >= 15 is 0 Å². The fraction of sp³-hybridized carbons (Fsp3) is 0.435. The number of carbonyl (C=O) groups is 1. The number of aryl methyl sites for hydroxylation is 1. The molecule has 3 rings (SSSR count). The number of benzene rings is 2. The maximum Gasteiger partial charge on any atom is 0.254 e. The number of amides is 1. The van der Waals surface area contributed by atoms with Crippen molar-refractivity contribution < 1.29 is 18.1 Å². The molecule has 0 saturated carbocycles. The summed E-state index contributed by atoms with van der Waals surface area (Å²) in [4.78, 5) is 16.4. The number of nitrogens with one attached hydrogen (secondary N) is 2. The van der Waals surface area contributed by atoms with Gasteiger partial charge in [-0.1, -0.05) is 30.3 Å². The van der Waals surface area contributed by atoms with Crippen LogP contribution in [0.2, 0.25) is 0 Å². The molecule has 0 aliphatic carbocycles. The molecule has 1 aliphatic heterocycles. The van der Waals surface area contributed by atoms with E-state index in [1.54, 1.807) is 32.9 Å². The van der Waals surface area contributed by atoms with E-state index in [1.807, 2.05) is 4.90 Å². The van der Waals surface area contributed by atoms with E-state index in [9.17, 15) is 13.2 Å². The largest absolute Gasteiger partial charge is 0.328 e. The highest BCUT2D eigenvalue weighted by molar-refractivity contribution is 7.89. The van der Waals surface area contributed by atoms with E-state index in [0.29, 0.717) is 18.7 Å². The summed E-state index contributed by atoms with van der Waals surface area (Å²) in [5.41, 5.74) is 2.46. The molecule has 0 unspecified atom stereocenters. The van der Waals surface area contributed by atoms with Gasteiger partial charge in [0.05, 0.1) is 31.1 Å². The molecule has 6 nitrogen and oxygen atoms in total. The quantitative estimate of drug-likeness (QED) is 0.757. The molecule has 0 aromatic heterocycles. The minimum absolute atomic E-state index is 0.113. The Hall–Kier alpha value is -2.22. The van der Waals surface area contributed by atoms with Crippen LogP contribution in [0.15, 0.2) is 53.4 Å². The van der Waals surface area contributed by atoms with Crippen molar-refractivity contribution in [1.29, 1.82) is 0 Å². The fourth-order valence-corrected chi connectivity index (χ4v) is 5.19. The Morgan fingerprint density at radius 2 is 1.73 bits per heavy atom. The first-order chi connectivity index (χ1) is 14.0. The molecule has 0 spiro atoms. The van der Waals surface area contributed by atoms with Crippen LogP contribution >= 0.6 is 0 Å². The van der Waals surface area contributed by atoms with Crippen molar-refractivity contribution in [2.45, 2.75) is 44.7 Å². The van der Waals surface area contributed by atoms with Crippen molar-refractivity contribution in [3.63, 3.8) is 0 Å². The number of piperazine rings is 1. The monoisotopic (exact) mass is 430 g/mol. The number of hydrogen-bond acceptors (Lipinski definition) is 3. The van der Waals surface area contributed by atoms with Crippen molar-refractivity contribution in [2.75, 3.05) is 26.2 Å². The Morgan fingerprint density at radius 3 is 2.37 bits per heavy atom. The molecular formula is C23H32N3O3S+. The molecule has 2 aromatic carbocycles. The summed E-state index contributed by atoms with van der Waals surface area (Å²) in [5.74, 6) is -0.113. The van der Waals surface area contributed by atoms with Gasteiger partial charge in [-0.05, 0) is 51.5 Å².